The Morgan fingerprint density at radius 1 is 1.22 bits per heavy atom. The van der Waals surface area contributed by atoms with Crippen molar-refractivity contribution < 1.29 is 17.9 Å². The van der Waals surface area contributed by atoms with Crippen LogP contribution >= 0.6 is 15.9 Å². The Balaban J connectivity index is 1.62. The molecular formula is C18H22BrN3O4S. The van der Waals surface area contributed by atoms with Gasteiger partial charge in [-0.25, -0.2) is 13.4 Å². The van der Waals surface area contributed by atoms with Crippen LogP contribution in [0.5, 0.6) is 5.88 Å². The predicted molar refractivity (Wildman–Crippen MR) is 107 cm³/mol. The number of nitrogens with one attached hydrogen (secondary N) is 1. The minimum absolute atomic E-state index is 0.184. The number of ether oxygens (including phenoxy) is 2. The molecule has 0 aliphatic carbocycles. The van der Waals surface area contributed by atoms with Crippen molar-refractivity contribution in [1.29, 1.82) is 0 Å². The van der Waals surface area contributed by atoms with Crippen molar-refractivity contribution in [1.82, 2.24) is 9.88 Å². The summed E-state index contributed by atoms with van der Waals surface area (Å²) >= 11 is 3.32. The van der Waals surface area contributed by atoms with Crippen LogP contribution < -0.4 is 9.46 Å². The summed E-state index contributed by atoms with van der Waals surface area (Å²) in [6.07, 6.45) is 2.40. The molecule has 1 aromatic heterocycles. The third-order valence-corrected chi connectivity index (χ3v) is 5.89. The highest BCUT2D eigenvalue weighted by Gasteiger charge is 2.18. The fourth-order valence-electron chi connectivity index (χ4n) is 2.70. The maximum Gasteiger partial charge on any atom is 0.262 e. The Hall–Kier alpha value is -1.68. The quantitative estimate of drug-likeness (QED) is 0.616. The second-order valence-corrected chi connectivity index (χ2v) is 8.68. The molecule has 1 fully saturated rings. The number of nitrogens with zero attached hydrogens (tertiary/aromatic N) is 2. The lowest BCUT2D eigenvalue weighted by Gasteiger charge is -2.26. The van der Waals surface area contributed by atoms with E-state index in [9.17, 15) is 8.42 Å². The molecule has 1 N–H and O–H groups in total. The second-order valence-electron chi connectivity index (χ2n) is 6.08. The summed E-state index contributed by atoms with van der Waals surface area (Å²) in [5.74, 6) is 0.264. The Morgan fingerprint density at radius 3 is 2.70 bits per heavy atom. The second kappa shape index (κ2) is 9.50. The number of anilines is 1. The van der Waals surface area contributed by atoms with E-state index in [2.05, 4.69) is 30.5 Å². The molecule has 0 radical (unpaired) electrons. The van der Waals surface area contributed by atoms with Crippen LogP contribution in [0.1, 0.15) is 6.42 Å². The van der Waals surface area contributed by atoms with Gasteiger partial charge in [0.1, 0.15) is 5.69 Å². The van der Waals surface area contributed by atoms with Crippen LogP contribution in [-0.2, 0) is 14.8 Å². The van der Waals surface area contributed by atoms with E-state index in [0.29, 0.717) is 16.8 Å². The highest BCUT2D eigenvalue weighted by Crippen LogP contribution is 2.28. The lowest BCUT2D eigenvalue weighted by atomic mass is 10.3. The molecule has 0 saturated carbocycles. The molecule has 0 amide bonds. The van der Waals surface area contributed by atoms with Gasteiger partial charge >= 0.3 is 0 Å². The van der Waals surface area contributed by atoms with Crippen molar-refractivity contribution in [2.24, 2.45) is 0 Å². The summed E-state index contributed by atoms with van der Waals surface area (Å²) in [4.78, 5) is 6.71. The Kier molecular flexibility index (Phi) is 7.06. The third-order valence-electron chi connectivity index (χ3n) is 4.08. The highest BCUT2D eigenvalue weighted by atomic mass is 79.9. The van der Waals surface area contributed by atoms with E-state index in [4.69, 9.17) is 9.47 Å². The predicted octanol–water partition coefficient (Wildman–Crippen LogP) is 2.75. The lowest BCUT2D eigenvalue weighted by Crippen LogP contribution is -2.37. The van der Waals surface area contributed by atoms with E-state index in [1.807, 2.05) is 0 Å². The van der Waals surface area contributed by atoms with Crippen LogP contribution in [0.25, 0.3) is 0 Å². The standard InChI is InChI=1S/C18H22BrN3O4S/c19-15-13-17(21-27(23,24)16-5-2-1-3-6-16)18(20-14-15)26-10-4-7-22-8-11-25-12-9-22/h1-3,5-6,13-14,21H,4,7-12H2. The number of hydrogen-bond acceptors (Lipinski definition) is 6. The molecule has 3 rings (SSSR count). The smallest absolute Gasteiger partial charge is 0.262 e. The molecule has 146 valence electrons. The average Bonchev–Trinajstić information content (AvgIpc) is 2.68. The van der Waals surface area contributed by atoms with Crippen molar-refractivity contribution in [3.05, 3.63) is 47.1 Å². The molecule has 0 bridgehead atoms. The van der Waals surface area contributed by atoms with Gasteiger partial charge in [0.05, 0.1) is 24.7 Å². The van der Waals surface area contributed by atoms with Crippen molar-refractivity contribution in [3.8, 4) is 5.88 Å². The summed E-state index contributed by atoms with van der Waals surface area (Å²) in [5, 5.41) is 0. The van der Waals surface area contributed by atoms with Crippen LogP contribution in [0, 0.1) is 0 Å². The molecule has 2 aromatic rings. The topological polar surface area (TPSA) is 80.8 Å². The van der Waals surface area contributed by atoms with Crippen LogP contribution in [0.15, 0.2) is 52.0 Å². The Bertz CT molecular complexity index is 843. The summed E-state index contributed by atoms with van der Waals surface area (Å²) in [5.41, 5.74) is 0.305. The number of pyridine rings is 1. The molecule has 1 aromatic carbocycles. The first-order valence-electron chi connectivity index (χ1n) is 8.71. The number of morpholine rings is 1. The number of sulfonamides is 1. The molecule has 0 atom stereocenters. The first-order chi connectivity index (χ1) is 13.0. The monoisotopic (exact) mass is 455 g/mol. The van der Waals surface area contributed by atoms with E-state index >= 15 is 0 Å². The van der Waals surface area contributed by atoms with Gasteiger partial charge in [0.15, 0.2) is 0 Å². The van der Waals surface area contributed by atoms with Crippen molar-refractivity contribution >= 4 is 31.6 Å². The first-order valence-corrected chi connectivity index (χ1v) is 11.0. The van der Waals surface area contributed by atoms with Crippen molar-refractivity contribution in [3.63, 3.8) is 0 Å². The molecule has 7 nitrogen and oxygen atoms in total. The largest absolute Gasteiger partial charge is 0.476 e. The molecule has 1 aliphatic heterocycles. The highest BCUT2D eigenvalue weighted by molar-refractivity contribution is 9.10. The maximum atomic E-state index is 12.6. The van der Waals surface area contributed by atoms with Gasteiger partial charge in [-0.2, -0.15) is 0 Å². The zero-order valence-electron chi connectivity index (χ0n) is 14.8. The summed E-state index contributed by atoms with van der Waals surface area (Å²) in [7, 11) is -3.71. The number of benzene rings is 1. The molecular weight excluding hydrogens is 434 g/mol. The number of rotatable bonds is 8. The third kappa shape index (κ3) is 5.90. The van der Waals surface area contributed by atoms with Gasteiger partial charge in [0.2, 0.25) is 5.88 Å². The van der Waals surface area contributed by atoms with Gasteiger partial charge in [0, 0.05) is 30.3 Å². The van der Waals surface area contributed by atoms with Crippen LogP contribution in [0.3, 0.4) is 0 Å². The SMILES string of the molecule is O=S(=O)(Nc1cc(Br)cnc1OCCCN1CCOCC1)c1ccccc1. The van der Waals surface area contributed by atoms with Gasteiger partial charge < -0.3 is 9.47 Å². The molecule has 2 heterocycles. The van der Waals surface area contributed by atoms with E-state index in [1.165, 1.54) is 12.1 Å². The maximum absolute atomic E-state index is 12.6. The molecule has 0 unspecified atom stereocenters. The van der Waals surface area contributed by atoms with Crippen molar-refractivity contribution in [2.75, 3.05) is 44.2 Å². The number of aromatic nitrogens is 1. The fourth-order valence-corrected chi connectivity index (χ4v) is 4.10. The average molecular weight is 456 g/mol. The lowest BCUT2D eigenvalue weighted by molar-refractivity contribution is 0.0357. The summed E-state index contributed by atoms with van der Waals surface area (Å²) in [6, 6.07) is 9.84. The van der Waals surface area contributed by atoms with Gasteiger partial charge in [-0.15, -0.1) is 0 Å². The number of halogens is 1. The normalized spacial score (nSPS) is 15.4. The van der Waals surface area contributed by atoms with Gasteiger partial charge in [0.25, 0.3) is 10.0 Å². The zero-order chi connectivity index (χ0) is 19.1. The Labute approximate surface area is 167 Å². The molecule has 1 aliphatic rings. The minimum atomic E-state index is -3.71. The van der Waals surface area contributed by atoms with Crippen molar-refractivity contribution in [2.45, 2.75) is 11.3 Å². The van der Waals surface area contributed by atoms with E-state index < -0.39 is 10.0 Å². The van der Waals surface area contributed by atoms with Gasteiger partial charge in [-0.05, 0) is 40.5 Å². The summed E-state index contributed by atoms with van der Waals surface area (Å²) < 4.78 is 39.5. The van der Waals surface area contributed by atoms with E-state index in [0.717, 1.165) is 39.3 Å². The van der Waals surface area contributed by atoms with Crippen LogP contribution in [-0.4, -0.2) is 57.8 Å². The minimum Gasteiger partial charge on any atom is -0.476 e. The van der Waals surface area contributed by atoms with E-state index in [-0.39, 0.29) is 10.8 Å². The summed E-state index contributed by atoms with van der Waals surface area (Å²) in [6.45, 7) is 4.75. The molecule has 1 saturated heterocycles. The fraction of sp³-hybridized carbons (Fsp3) is 0.389. The van der Waals surface area contributed by atoms with Crippen LogP contribution in [0.2, 0.25) is 0 Å². The van der Waals surface area contributed by atoms with E-state index in [1.54, 1.807) is 30.5 Å². The van der Waals surface area contributed by atoms with Gasteiger partial charge in [-0.3, -0.25) is 9.62 Å². The molecule has 0 spiro atoms. The molecule has 27 heavy (non-hydrogen) atoms. The zero-order valence-corrected chi connectivity index (χ0v) is 17.2. The Morgan fingerprint density at radius 2 is 1.96 bits per heavy atom. The number of hydrogen-bond donors (Lipinski definition) is 1. The van der Waals surface area contributed by atoms with Crippen LogP contribution in [0.4, 0.5) is 5.69 Å². The first kappa shape index (κ1) is 20.1. The molecule has 9 heteroatoms. The van der Waals surface area contributed by atoms with Gasteiger partial charge in [-0.1, -0.05) is 18.2 Å².